The van der Waals surface area contributed by atoms with Crippen LogP contribution in [0.15, 0.2) is 48.5 Å². The Morgan fingerprint density at radius 2 is 1.86 bits per heavy atom. The zero-order valence-corrected chi connectivity index (χ0v) is 17.1. The van der Waals surface area contributed by atoms with E-state index in [9.17, 15) is 9.18 Å². The molecule has 2 atom stereocenters. The van der Waals surface area contributed by atoms with Crippen molar-refractivity contribution in [3.05, 3.63) is 65.5 Å². The molecule has 2 aromatic rings. The van der Waals surface area contributed by atoms with Crippen molar-refractivity contribution >= 4 is 5.91 Å². The third-order valence-corrected chi connectivity index (χ3v) is 5.40. The van der Waals surface area contributed by atoms with E-state index in [2.05, 4.69) is 11.8 Å². The van der Waals surface area contributed by atoms with Crippen LogP contribution in [0.4, 0.5) is 4.39 Å². The summed E-state index contributed by atoms with van der Waals surface area (Å²) in [6.45, 7) is 6.36. The van der Waals surface area contributed by atoms with Crippen LogP contribution in [0.2, 0.25) is 0 Å². The lowest BCUT2D eigenvalue weighted by molar-refractivity contribution is -0.139. The summed E-state index contributed by atoms with van der Waals surface area (Å²) in [6.07, 6.45) is 0.565. The molecule has 1 aliphatic heterocycles. The molecule has 1 fully saturated rings. The number of amides is 1. The van der Waals surface area contributed by atoms with Crippen molar-refractivity contribution in [1.29, 1.82) is 0 Å². The Labute approximate surface area is 171 Å². The molecule has 1 N–H and O–H groups in total. The van der Waals surface area contributed by atoms with E-state index in [0.717, 1.165) is 24.2 Å². The quantitative estimate of drug-likeness (QED) is 0.777. The number of piperazine rings is 1. The molecule has 6 heteroatoms. The molecular formula is C23H29FN2O3. The van der Waals surface area contributed by atoms with Gasteiger partial charge in [0, 0.05) is 38.3 Å². The highest BCUT2D eigenvalue weighted by Gasteiger charge is 2.32. The number of halogens is 1. The Kier molecular flexibility index (Phi) is 7.23. The summed E-state index contributed by atoms with van der Waals surface area (Å²) >= 11 is 0. The van der Waals surface area contributed by atoms with Crippen molar-refractivity contribution < 1.29 is 19.0 Å². The van der Waals surface area contributed by atoms with Crippen LogP contribution in [-0.2, 0) is 17.8 Å². The number of rotatable bonds is 7. The monoisotopic (exact) mass is 400 g/mol. The van der Waals surface area contributed by atoms with Crippen molar-refractivity contribution in [2.45, 2.75) is 38.9 Å². The molecule has 0 aromatic heterocycles. The van der Waals surface area contributed by atoms with Crippen LogP contribution in [0.5, 0.6) is 5.75 Å². The van der Waals surface area contributed by atoms with E-state index in [0.29, 0.717) is 18.7 Å². The zero-order valence-electron chi connectivity index (χ0n) is 17.1. The maximum absolute atomic E-state index is 13.1. The van der Waals surface area contributed by atoms with E-state index in [1.807, 2.05) is 48.2 Å². The molecule has 0 unspecified atom stereocenters. The van der Waals surface area contributed by atoms with Gasteiger partial charge in [-0.1, -0.05) is 24.3 Å². The minimum Gasteiger partial charge on any atom is -0.484 e. The second-order valence-corrected chi connectivity index (χ2v) is 7.71. The van der Waals surface area contributed by atoms with Crippen LogP contribution >= 0.6 is 0 Å². The zero-order chi connectivity index (χ0) is 20.8. The minimum absolute atomic E-state index is 0.00238. The highest BCUT2D eigenvalue weighted by atomic mass is 19.1. The normalized spacial score (nSPS) is 19.9. The largest absolute Gasteiger partial charge is 0.484 e. The van der Waals surface area contributed by atoms with E-state index in [4.69, 9.17) is 9.84 Å². The van der Waals surface area contributed by atoms with Crippen molar-refractivity contribution in [2.24, 2.45) is 0 Å². The molecule has 0 spiro atoms. The number of aliphatic hydroxyl groups excluding tert-OH is 1. The van der Waals surface area contributed by atoms with Gasteiger partial charge in [0.1, 0.15) is 11.6 Å². The van der Waals surface area contributed by atoms with Gasteiger partial charge in [-0.15, -0.1) is 0 Å². The maximum Gasteiger partial charge on any atom is 0.260 e. The summed E-state index contributed by atoms with van der Waals surface area (Å²) in [7, 11) is 0. The number of benzene rings is 2. The first-order chi connectivity index (χ1) is 14.0. The number of aliphatic hydroxyl groups is 1. The molecule has 1 saturated heterocycles. The fourth-order valence-electron chi connectivity index (χ4n) is 3.74. The van der Waals surface area contributed by atoms with E-state index in [1.165, 1.54) is 12.1 Å². The van der Waals surface area contributed by atoms with Crippen LogP contribution in [0.3, 0.4) is 0 Å². The van der Waals surface area contributed by atoms with Crippen molar-refractivity contribution in [3.63, 3.8) is 0 Å². The van der Waals surface area contributed by atoms with Crippen molar-refractivity contribution in [3.8, 4) is 5.75 Å². The Balaban J connectivity index is 1.54. The van der Waals surface area contributed by atoms with Crippen LogP contribution in [0.1, 0.15) is 25.0 Å². The fourth-order valence-corrected chi connectivity index (χ4v) is 3.74. The summed E-state index contributed by atoms with van der Waals surface area (Å²) in [5, 5.41) is 9.06. The van der Waals surface area contributed by atoms with Gasteiger partial charge in [0.15, 0.2) is 6.61 Å². The average Bonchev–Trinajstić information content (AvgIpc) is 2.71. The molecule has 0 saturated carbocycles. The number of hydrogen-bond donors (Lipinski definition) is 1. The minimum atomic E-state index is -0.229. The summed E-state index contributed by atoms with van der Waals surface area (Å²) in [5.41, 5.74) is 2.05. The van der Waals surface area contributed by atoms with Crippen LogP contribution in [0, 0.1) is 5.82 Å². The van der Waals surface area contributed by atoms with E-state index in [1.54, 1.807) is 0 Å². The summed E-state index contributed by atoms with van der Waals surface area (Å²) < 4.78 is 18.8. The third-order valence-electron chi connectivity index (χ3n) is 5.40. The third kappa shape index (κ3) is 5.78. The Morgan fingerprint density at radius 3 is 2.59 bits per heavy atom. The van der Waals surface area contributed by atoms with Crippen LogP contribution in [0.25, 0.3) is 0 Å². The summed E-state index contributed by atoms with van der Waals surface area (Å²) in [5.74, 6) is 0.380. The molecule has 0 bridgehead atoms. The molecule has 156 valence electrons. The number of carbonyl (C=O) groups excluding carboxylic acids is 1. The smallest absolute Gasteiger partial charge is 0.260 e. The molecule has 0 aliphatic carbocycles. The first kappa shape index (κ1) is 21.3. The van der Waals surface area contributed by atoms with Crippen molar-refractivity contribution in [2.75, 3.05) is 26.3 Å². The topological polar surface area (TPSA) is 53.0 Å². The molecule has 1 aliphatic rings. The number of ether oxygens (including phenoxy) is 1. The van der Waals surface area contributed by atoms with Gasteiger partial charge in [-0.05, 0) is 55.7 Å². The Bertz CT molecular complexity index is 812. The highest BCUT2D eigenvalue weighted by molar-refractivity contribution is 5.78. The SMILES string of the molecule is C[C@@H]1CN(C(=O)COc2cccc(CCO)c2)[C@@H](C)CN1Cc1ccc(F)cc1. The molecule has 2 aromatic carbocycles. The first-order valence-electron chi connectivity index (χ1n) is 10.1. The summed E-state index contributed by atoms with van der Waals surface area (Å²) in [6, 6.07) is 14.3. The van der Waals surface area contributed by atoms with Gasteiger partial charge in [0.25, 0.3) is 5.91 Å². The lowest BCUT2D eigenvalue weighted by atomic mass is 10.1. The standard InChI is InChI=1S/C23H29FN2O3/c1-17-14-26(18(2)13-25(17)15-20-6-8-21(24)9-7-20)23(28)16-29-22-5-3-4-19(12-22)10-11-27/h3-9,12,17-18,27H,10-11,13-16H2,1-2H3/t17-,18+/m1/s1. The number of carbonyl (C=O) groups is 1. The van der Waals surface area contributed by atoms with Crippen LogP contribution in [-0.4, -0.2) is 59.2 Å². The van der Waals surface area contributed by atoms with E-state index < -0.39 is 0 Å². The molecule has 5 nitrogen and oxygen atoms in total. The van der Waals surface area contributed by atoms with Gasteiger partial charge < -0.3 is 14.7 Å². The fraction of sp³-hybridized carbons (Fsp3) is 0.435. The lowest BCUT2D eigenvalue weighted by Gasteiger charge is -2.44. The van der Waals surface area contributed by atoms with E-state index >= 15 is 0 Å². The highest BCUT2D eigenvalue weighted by Crippen LogP contribution is 2.19. The van der Waals surface area contributed by atoms with Gasteiger partial charge in [-0.3, -0.25) is 9.69 Å². The molecule has 1 heterocycles. The molecular weight excluding hydrogens is 371 g/mol. The molecule has 29 heavy (non-hydrogen) atoms. The predicted molar refractivity (Wildman–Crippen MR) is 110 cm³/mol. The number of hydrogen-bond acceptors (Lipinski definition) is 4. The van der Waals surface area contributed by atoms with Gasteiger partial charge in [0.05, 0.1) is 0 Å². The Morgan fingerprint density at radius 1 is 1.10 bits per heavy atom. The van der Waals surface area contributed by atoms with Crippen molar-refractivity contribution in [1.82, 2.24) is 9.80 Å². The summed E-state index contributed by atoms with van der Waals surface area (Å²) in [4.78, 5) is 16.9. The van der Waals surface area contributed by atoms with Gasteiger partial charge in [0.2, 0.25) is 0 Å². The second kappa shape index (κ2) is 9.85. The maximum atomic E-state index is 13.1. The first-order valence-corrected chi connectivity index (χ1v) is 10.1. The van der Waals surface area contributed by atoms with Gasteiger partial charge in [-0.2, -0.15) is 0 Å². The molecule has 1 amide bonds. The second-order valence-electron chi connectivity index (χ2n) is 7.71. The predicted octanol–water partition coefficient (Wildman–Crippen LogP) is 2.86. The van der Waals surface area contributed by atoms with Crippen LogP contribution < -0.4 is 4.74 Å². The lowest BCUT2D eigenvalue weighted by Crippen LogP contribution is -2.58. The van der Waals surface area contributed by atoms with E-state index in [-0.39, 0.29) is 37.0 Å². The van der Waals surface area contributed by atoms with Gasteiger partial charge in [-0.25, -0.2) is 4.39 Å². The number of nitrogens with zero attached hydrogens (tertiary/aromatic N) is 2. The average molecular weight is 400 g/mol. The van der Waals surface area contributed by atoms with Gasteiger partial charge >= 0.3 is 0 Å². The Hall–Kier alpha value is -2.44. The molecule has 3 rings (SSSR count). The molecule has 0 radical (unpaired) electrons.